The topological polar surface area (TPSA) is 86.8 Å². The van der Waals surface area contributed by atoms with Crippen molar-refractivity contribution < 1.29 is 19.2 Å². The van der Waals surface area contributed by atoms with E-state index in [9.17, 15) is 19.2 Å². The van der Waals surface area contributed by atoms with Crippen LogP contribution in [-0.4, -0.2) is 52.1 Å². The number of amides is 4. The van der Waals surface area contributed by atoms with E-state index >= 15 is 0 Å². The van der Waals surface area contributed by atoms with Crippen molar-refractivity contribution >= 4 is 35.2 Å². The number of halogens is 1. The standard InChI is InChI=1S/C28H32ClN3O4/c1-19(26(34)30-22-11-3-2-4-12-22)32(18-20-9-7-10-21(29)17-20)25(33)15-8-16-31-27(35)23-13-5-6-14-24(23)28(31)36/h5-7,9-10,13-14,17,19,22H,2-4,8,11-12,15-16,18H2,1H3,(H,30,34)/t19-/m1/s1. The molecule has 1 aliphatic carbocycles. The zero-order chi connectivity index (χ0) is 25.7. The van der Waals surface area contributed by atoms with Gasteiger partial charge in [0.25, 0.3) is 11.8 Å². The fourth-order valence-corrected chi connectivity index (χ4v) is 5.17. The SMILES string of the molecule is C[C@H](C(=O)NC1CCCCC1)N(Cc1cccc(Cl)c1)C(=O)CCCN1C(=O)c2ccccc2C1=O. The quantitative estimate of drug-likeness (QED) is 0.501. The van der Waals surface area contributed by atoms with Crippen molar-refractivity contribution in [2.75, 3.05) is 6.54 Å². The van der Waals surface area contributed by atoms with Gasteiger partial charge in [0.1, 0.15) is 6.04 Å². The highest BCUT2D eigenvalue weighted by molar-refractivity contribution is 6.30. The molecule has 0 saturated heterocycles. The predicted molar refractivity (Wildman–Crippen MR) is 138 cm³/mol. The molecule has 36 heavy (non-hydrogen) atoms. The first-order chi connectivity index (χ1) is 17.3. The van der Waals surface area contributed by atoms with Crippen molar-refractivity contribution in [1.82, 2.24) is 15.1 Å². The number of hydrogen-bond acceptors (Lipinski definition) is 4. The summed E-state index contributed by atoms with van der Waals surface area (Å²) in [5.41, 5.74) is 1.61. The van der Waals surface area contributed by atoms with E-state index in [4.69, 9.17) is 11.6 Å². The van der Waals surface area contributed by atoms with E-state index in [-0.39, 0.29) is 49.2 Å². The van der Waals surface area contributed by atoms with E-state index < -0.39 is 6.04 Å². The van der Waals surface area contributed by atoms with Crippen LogP contribution in [0.3, 0.4) is 0 Å². The van der Waals surface area contributed by atoms with Crippen molar-refractivity contribution in [2.45, 2.75) is 70.5 Å². The van der Waals surface area contributed by atoms with Gasteiger partial charge in [0, 0.05) is 30.6 Å². The number of carbonyl (C=O) groups is 4. The van der Waals surface area contributed by atoms with Gasteiger partial charge in [-0.1, -0.05) is 55.1 Å². The van der Waals surface area contributed by atoms with Crippen LogP contribution in [0.15, 0.2) is 48.5 Å². The molecule has 7 nitrogen and oxygen atoms in total. The minimum atomic E-state index is -0.669. The molecule has 1 atom stereocenters. The van der Waals surface area contributed by atoms with Gasteiger partial charge in [0.15, 0.2) is 0 Å². The van der Waals surface area contributed by atoms with Gasteiger partial charge in [0.2, 0.25) is 11.8 Å². The second-order valence-corrected chi connectivity index (χ2v) is 10.0. The van der Waals surface area contributed by atoms with Crippen molar-refractivity contribution in [3.63, 3.8) is 0 Å². The van der Waals surface area contributed by atoms with Gasteiger partial charge in [-0.25, -0.2) is 0 Å². The number of nitrogens with one attached hydrogen (secondary N) is 1. The summed E-state index contributed by atoms with van der Waals surface area (Å²) in [6.45, 7) is 2.13. The number of hydrogen-bond donors (Lipinski definition) is 1. The minimum Gasteiger partial charge on any atom is -0.352 e. The second-order valence-electron chi connectivity index (χ2n) is 9.58. The molecule has 2 aromatic rings. The highest BCUT2D eigenvalue weighted by Crippen LogP contribution is 2.23. The van der Waals surface area contributed by atoms with Gasteiger partial charge in [0.05, 0.1) is 11.1 Å². The Balaban J connectivity index is 1.41. The molecule has 1 heterocycles. The third-order valence-corrected chi connectivity index (χ3v) is 7.25. The highest BCUT2D eigenvalue weighted by atomic mass is 35.5. The van der Waals surface area contributed by atoms with Crippen LogP contribution in [0.4, 0.5) is 0 Å². The fourth-order valence-electron chi connectivity index (χ4n) is 4.96. The Morgan fingerprint density at radius 3 is 2.33 bits per heavy atom. The number of benzene rings is 2. The number of carbonyl (C=O) groups excluding carboxylic acids is 4. The summed E-state index contributed by atoms with van der Waals surface area (Å²) >= 11 is 6.15. The van der Waals surface area contributed by atoms with E-state index in [1.54, 1.807) is 48.2 Å². The molecule has 0 unspecified atom stereocenters. The third kappa shape index (κ3) is 5.95. The molecule has 0 aromatic heterocycles. The second kappa shape index (κ2) is 11.7. The Labute approximate surface area is 216 Å². The first kappa shape index (κ1) is 25.9. The Kier molecular flexibility index (Phi) is 8.41. The molecule has 1 saturated carbocycles. The highest BCUT2D eigenvalue weighted by Gasteiger charge is 2.35. The third-order valence-electron chi connectivity index (χ3n) is 7.01. The van der Waals surface area contributed by atoms with Crippen LogP contribution < -0.4 is 5.32 Å². The van der Waals surface area contributed by atoms with Crippen LogP contribution in [0.1, 0.15) is 78.1 Å². The van der Waals surface area contributed by atoms with E-state index in [2.05, 4.69) is 5.32 Å². The number of rotatable bonds is 9. The zero-order valence-corrected chi connectivity index (χ0v) is 21.3. The number of fused-ring (bicyclic) bond motifs is 1. The molecule has 0 bridgehead atoms. The molecule has 4 amide bonds. The Hall–Kier alpha value is -3.19. The lowest BCUT2D eigenvalue weighted by Gasteiger charge is -2.31. The van der Waals surface area contributed by atoms with Gasteiger partial charge in [-0.15, -0.1) is 0 Å². The summed E-state index contributed by atoms with van der Waals surface area (Å²) in [5, 5.41) is 3.68. The maximum atomic E-state index is 13.4. The zero-order valence-electron chi connectivity index (χ0n) is 20.5. The molecule has 1 aliphatic heterocycles. The molecule has 190 valence electrons. The van der Waals surface area contributed by atoms with Crippen LogP contribution in [0.5, 0.6) is 0 Å². The summed E-state index contributed by atoms with van der Waals surface area (Å²) in [6.07, 6.45) is 5.73. The van der Waals surface area contributed by atoms with E-state index in [1.165, 1.54) is 11.3 Å². The van der Waals surface area contributed by atoms with Crippen LogP contribution in [0.25, 0.3) is 0 Å². The monoisotopic (exact) mass is 509 g/mol. The summed E-state index contributed by atoms with van der Waals surface area (Å²) in [7, 11) is 0. The van der Waals surface area contributed by atoms with Crippen molar-refractivity contribution in [2.24, 2.45) is 0 Å². The average Bonchev–Trinajstić information content (AvgIpc) is 3.12. The molecular formula is C28H32ClN3O4. The lowest BCUT2D eigenvalue weighted by molar-refractivity contribution is -0.141. The van der Waals surface area contributed by atoms with E-state index in [0.29, 0.717) is 22.6 Å². The van der Waals surface area contributed by atoms with Crippen molar-refractivity contribution in [3.8, 4) is 0 Å². The van der Waals surface area contributed by atoms with Gasteiger partial charge in [-0.2, -0.15) is 0 Å². The lowest BCUT2D eigenvalue weighted by Crippen LogP contribution is -2.50. The smallest absolute Gasteiger partial charge is 0.261 e. The van der Waals surface area contributed by atoms with Crippen LogP contribution in [-0.2, 0) is 16.1 Å². The normalized spacial score (nSPS) is 16.6. The number of nitrogens with zero attached hydrogens (tertiary/aromatic N) is 2. The largest absolute Gasteiger partial charge is 0.352 e. The predicted octanol–water partition coefficient (Wildman–Crippen LogP) is 4.58. The Morgan fingerprint density at radius 1 is 1.03 bits per heavy atom. The molecule has 2 aliphatic rings. The molecule has 0 spiro atoms. The van der Waals surface area contributed by atoms with Crippen molar-refractivity contribution in [1.29, 1.82) is 0 Å². The van der Waals surface area contributed by atoms with Gasteiger partial charge in [-0.05, 0) is 56.0 Å². The summed E-state index contributed by atoms with van der Waals surface area (Å²) in [6, 6.07) is 13.4. The molecule has 1 fully saturated rings. The van der Waals surface area contributed by atoms with Gasteiger partial charge in [-0.3, -0.25) is 24.1 Å². The first-order valence-electron chi connectivity index (χ1n) is 12.6. The van der Waals surface area contributed by atoms with E-state index in [0.717, 1.165) is 31.2 Å². The molecule has 4 rings (SSSR count). The van der Waals surface area contributed by atoms with E-state index in [1.807, 2.05) is 12.1 Å². The van der Waals surface area contributed by atoms with Crippen LogP contribution in [0, 0.1) is 0 Å². The minimum absolute atomic E-state index is 0.106. The fraction of sp³-hybridized carbons (Fsp3) is 0.429. The lowest BCUT2D eigenvalue weighted by atomic mass is 9.95. The Bertz CT molecular complexity index is 1110. The van der Waals surface area contributed by atoms with Crippen LogP contribution >= 0.6 is 11.6 Å². The summed E-state index contributed by atoms with van der Waals surface area (Å²) in [4.78, 5) is 54.4. The maximum Gasteiger partial charge on any atom is 0.261 e. The van der Waals surface area contributed by atoms with Gasteiger partial charge < -0.3 is 10.2 Å². The molecule has 8 heteroatoms. The maximum absolute atomic E-state index is 13.4. The Morgan fingerprint density at radius 2 is 1.69 bits per heavy atom. The summed E-state index contributed by atoms with van der Waals surface area (Å²) in [5.74, 6) is -1.05. The van der Waals surface area contributed by atoms with Gasteiger partial charge >= 0.3 is 0 Å². The molecule has 1 N–H and O–H groups in total. The molecule has 0 radical (unpaired) electrons. The van der Waals surface area contributed by atoms with Crippen LogP contribution in [0.2, 0.25) is 5.02 Å². The summed E-state index contributed by atoms with van der Waals surface area (Å²) < 4.78 is 0. The molecule has 2 aromatic carbocycles. The van der Waals surface area contributed by atoms with Crippen molar-refractivity contribution in [3.05, 3.63) is 70.2 Å². The average molecular weight is 510 g/mol. The molecular weight excluding hydrogens is 478 g/mol. The first-order valence-corrected chi connectivity index (χ1v) is 13.0. The number of imide groups is 1.